The van der Waals surface area contributed by atoms with E-state index in [0.29, 0.717) is 16.9 Å². The zero-order valence-corrected chi connectivity index (χ0v) is 12.3. The lowest BCUT2D eigenvalue weighted by molar-refractivity contribution is 0.0834. The van der Waals surface area contributed by atoms with Crippen LogP contribution in [0.2, 0.25) is 0 Å². The quantitative estimate of drug-likeness (QED) is 0.889. The highest BCUT2D eigenvalue weighted by molar-refractivity contribution is 5.03. The summed E-state index contributed by atoms with van der Waals surface area (Å²) in [5.41, 5.74) is 1.81. The van der Waals surface area contributed by atoms with Crippen LogP contribution in [-0.4, -0.2) is 11.2 Å². The van der Waals surface area contributed by atoms with Crippen LogP contribution in [0.4, 0.5) is 0 Å². The summed E-state index contributed by atoms with van der Waals surface area (Å²) in [6, 6.07) is 2.58. The number of aromatic nitrogens is 1. The van der Waals surface area contributed by atoms with Crippen LogP contribution < -0.4 is 5.32 Å². The van der Waals surface area contributed by atoms with E-state index in [-0.39, 0.29) is 0 Å². The zero-order chi connectivity index (χ0) is 13.4. The second-order valence-electron chi connectivity index (χ2n) is 7.43. The Hall–Kier alpha value is -0.830. The fraction of sp³-hybridized carbons (Fsp3) is 0.800. The van der Waals surface area contributed by atoms with E-state index in [9.17, 15) is 0 Å². The molecule has 0 aliphatic heterocycles. The molecule has 0 bridgehead atoms. The van der Waals surface area contributed by atoms with Crippen molar-refractivity contribution in [3.63, 3.8) is 0 Å². The van der Waals surface area contributed by atoms with Crippen LogP contribution in [-0.2, 0) is 6.54 Å². The standard InChI is InChI=1S/C15H26N2O/c1-11-6-13(18-17-11)9-16-12-7-14(2,3)10-15(4,5)8-12/h6,12,16H,7-10H2,1-5H3. The molecule has 1 aliphatic carbocycles. The van der Waals surface area contributed by atoms with Gasteiger partial charge < -0.3 is 9.84 Å². The lowest BCUT2D eigenvalue weighted by atomic mass is 9.63. The first-order valence-electron chi connectivity index (χ1n) is 6.91. The average molecular weight is 250 g/mol. The highest BCUT2D eigenvalue weighted by Crippen LogP contribution is 2.45. The highest BCUT2D eigenvalue weighted by Gasteiger charge is 2.38. The van der Waals surface area contributed by atoms with Gasteiger partial charge in [-0.1, -0.05) is 32.9 Å². The summed E-state index contributed by atoms with van der Waals surface area (Å²) in [6.45, 7) is 12.3. The van der Waals surface area contributed by atoms with Gasteiger partial charge in [0, 0.05) is 12.1 Å². The smallest absolute Gasteiger partial charge is 0.150 e. The van der Waals surface area contributed by atoms with Crippen molar-refractivity contribution in [3.8, 4) is 0 Å². The fourth-order valence-corrected chi connectivity index (χ4v) is 3.73. The summed E-state index contributed by atoms with van der Waals surface area (Å²) in [4.78, 5) is 0. The van der Waals surface area contributed by atoms with E-state index in [1.807, 2.05) is 13.0 Å². The first-order chi connectivity index (χ1) is 8.26. The Morgan fingerprint density at radius 3 is 2.39 bits per heavy atom. The molecule has 1 saturated carbocycles. The zero-order valence-electron chi connectivity index (χ0n) is 12.3. The van der Waals surface area contributed by atoms with Crippen molar-refractivity contribution in [1.29, 1.82) is 0 Å². The van der Waals surface area contributed by atoms with E-state index in [4.69, 9.17) is 4.52 Å². The number of nitrogens with one attached hydrogen (secondary N) is 1. The van der Waals surface area contributed by atoms with Gasteiger partial charge in [0.1, 0.15) is 0 Å². The van der Waals surface area contributed by atoms with E-state index in [2.05, 4.69) is 38.2 Å². The molecule has 0 radical (unpaired) electrons. The molecule has 1 aromatic heterocycles. The van der Waals surface area contributed by atoms with Gasteiger partial charge in [-0.3, -0.25) is 0 Å². The van der Waals surface area contributed by atoms with E-state index in [1.54, 1.807) is 0 Å². The van der Waals surface area contributed by atoms with Crippen LogP contribution in [0.5, 0.6) is 0 Å². The van der Waals surface area contributed by atoms with Crippen LogP contribution in [0.1, 0.15) is 58.4 Å². The molecule has 0 spiro atoms. The lowest BCUT2D eigenvalue weighted by Gasteiger charge is -2.45. The Labute approximate surface area is 110 Å². The molecule has 3 heteroatoms. The van der Waals surface area contributed by atoms with E-state index < -0.39 is 0 Å². The largest absolute Gasteiger partial charge is 0.360 e. The van der Waals surface area contributed by atoms with Crippen LogP contribution in [0, 0.1) is 17.8 Å². The summed E-state index contributed by atoms with van der Waals surface area (Å²) in [7, 11) is 0. The van der Waals surface area contributed by atoms with Gasteiger partial charge in [-0.25, -0.2) is 0 Å². The monoisotopic (exact) mass is 250 g/mol. The van der Waals surface area contributed by atoms with Crippen molar-refractivity contribution in [2.24, 2.45) is 10.8 Å². The van der Waals surface area contributed by atoms with Crippen LogP contribution in [0.3, 0.4) is 0 Å². The number of rotatable bonds is 3. The third-order valence-electron chi connectivity index (χ3n) is 3.80. The molecule has 1 fully saturated rings. The van der Waals surface area contributed by atoms with Gasteiger partial charge in [-0.05, 0) is 37.0 Å². The summed E-state index contributed by atoms with van der Waals surface area (Å²) in [6.07, 6.45) is 3.78. The number of hydrogen-bond donors (Lipinski definition) is 1. The van der Waals surface area contributed by atoms with E-state index >= 15 is 0 Å². The Morgan fingerprint density at radius 2 is 1.89 bits per heavy atom. The molecular weight excluding hydrogens is 224 g/mol. The molecule has 1 heterocycles. The Kier molecular flexibility index (Phi) is 3.54. The van der Waals surface area contributed by atoms with Crippen molar-refractivity contribution >= 4 is 0 Å². The van der Waals surface area contributed by atoms with Gasteiger partial charge in [-0.2, -0.15) is 0 Å². The number of hydrogen-bond acceptors (Lipinski definition) is 3. The molecule has 2 rings (SSSR count). The molecule has 1 aromatic rings. The minimum atomic E-state index is 0.427. The number of aryl methyl sites for hydroxylation is 1. The third-order valence-corrected chi connectivity index (χ3v) is 3.80. The second kappa shape index (κ2) is 4.69. The minimum absolute atomic E-state index is 0.427. The molecule has 3 nitrogen and oxygen atoms in total. The Balaban J connectivity index is 1.93. The predicted octanol–water partition coefficient (Wildman–Crippen LogP) is 3.68. The van der Waals surface area contributed by atoms with Crippen molar-refractivity contribution in [2.45, 2.75) is 66.5 Å². The summed E-state index contributed by atoms with van der Waals surface area (Å²) in [5.74, 6) is 0.939. The van der Waals surface area contributed by atoms with Gasteiger partial charge >= 0.3 is 0 Å². The summed E-state index contributed by atoms with van der Waals surface area (Å²) < 4.78 is 5.25. The van der Waals surface area contributed by atoms with Crippen LogP contribution in [0.15, 0.2) is 10.6 Å². The van der Waals surface area contributed by atoms with E-state index in [1.165, 1.54) is 19.3 Å². The van der Waals surface area contributed by atoms with Gasteiger partial charge in [0.15, 0.2) is 5.76 Å². The topological polar surface area (TPSA) is 38.1 Å². The second-order valence-corrected chi connectivity index (χ2v) is 7.43. The normalized spacial score (nSPS) is 23.2. The molecular formula is C15H26N2O. The first-order valence-corrected chi connectivity index (χ1v) is 6.91. The molecule has 1 N–H and O–H groups in total. The summed E-state index contributed by atoms with van der Waals surface area (Å²) in [5, 5.41) is 7.55. The van der Waals surface area contributed by atoms with Gasteiger partial charge in [0.2, 0.25) is 0 Å². The Morgan fingerprint density at radius 1 is 1.28 bits per heavy atom. The molecule has 0 amide bonds. The fourth-order valence-electron chi connectivity index (χ4n) is 3.73. The lowest BCUT2D eigenvalue weighted by Crippen LogP contribution is -2.43. The first kappa shape index (κ1) is 13.6. The summed E-state index contributed by atoms with van der Waals surface area (Å²) >= 11 is 0. The molecule has 0 saturated heterocycles. The SMILES string of the molecule is Cc1cc(CNC2CC(C)(C)CC(C)(C)C2)on1. The van der Waals surface area contributed by atoms with Crippen molar-refractivity contribution in [1.82, 2.24) is 10.5 Å². The van der Waals surface area contributed by atoms with Gasteiger partial charge in [-0.15, -0.1) is 0 Å². The molecule has 18 heavy (non-hydrogen) atoms. The molecule has 0 unspecified atom stereocenters. The average Bonchev–Trinajstić information content (AvgIpc) is 2.56. The van der Waals surface area contributed by atoms with Crippen LogP contribution >= 0.6 is 0 Å². The van der Waals surface area contributed by atoms with Gasteiger partial charge in [0.05, 0.1) is 12.2 Å². The minimum Gasteiger partial charge on any atom is -0.360 e. The van der Waals surface area contributed by atoms with E-state index in [0.717, 1.165) is 18.0 Å². The van der Waals surface area contributed by atoms with Gasteiger partial charge in [0.25, 0.3) is 0 Å². The Bertz CT molecular complexity index is 390. The molecule has 102 valence electrons. The number of nitrogens with zero attached hydrogens (tertiary/aromatic N) is 1. The predicted molar refractivity (Wildman–Crippen MR) is 73.3 cm³/mol. The van der Waals surface area contributed by atoms with Crippen molar-refractivity contribution in [2.75, 3.05) is 0 Å². The molecule has 0 atom stereocenters. The molecule has 0 aromatic carbocycles. The third kappa shape index (κ3) is 3.58. The van der Waals surface area contributed by atoms with Crippen molar-refractivity contribution < 1.29 is 4.52 Å². The van der Waals surface area contributed by atoms with Crippen LogP contribution in [0.25, 0.3) is 0 Å². The molecule has 1 aliphatic rings. The van der Waals surface area contributed by atoms with Crippen molar-refractivity contribution in [3.05, 3.63) is 17.5 Å². The maximum absolute atomic E-state index is 5.25. The maximum Gasteiger partial charge on any atom is 0.150 e. The highest BCUT2D eigenvalue weighted by atomic mass is 16.5. The maximum atomic E-state index is 5.25.